The van der Waals surface area contributed by atoms with E-state index in [1.54, 1.807) is 24.5 Å². The number of ether oxygens (including phenoxy) is 1. The molecule has 3 aromatic rings. The average Bonchev–Trinajstić information content (AvgIpc) is 3.03. The molecular weight excluding hydrogens is 318 g/mol. The summed E-state index contributed by atoms with van der Waals surface area (Å²) in [6.45, 7) is 0.453. The molecule has 0 saturated carbocycles. The van der Waals surface area contributed by atoms with Gasteiger partial charge in [-0.3, -0.25) is 4.98 Å². The molecule has 0 aromatic carbocycles. The number of aromatic nitrogens is 5. The minimum Gasteiger partial charge on any atom is -0.456 e. The summed E-state index contributed by atoms with van der Waals surface area (Å²) in [4.78, 5) is 20.1. The monoisotopic (exact) mass is 329 g/mol. The molecule has 23 heavy (non-hydrogen) atoms. The van der Waals surface area contributed by atoms with Crippen LogP contribution in [0.4, 0.5) is 0 Å². The van der Waals surface area contributed by atoms with Crippen LogP contribution in [0.3, 0.4) is 0 Å². The number of pyridine rings is 2. The van der Waals surface area contributed by atoms with Gasteiger partial charge in [0.05, 0.1) is 18.4 Å². The summed E-state index contributed by atoms with van der Waals surface area (Å²) in [6, 6.07) is 9.03. The maximum atomic E-state index is 12.0. The lowest BCUT2D eigenvalue weighted by molar-refractivity contribution is 0.0465. The standard InChI is InChI=1S/C15H12ClN5O2/c16-14-11(4-3-7-18-14)10-23-15(22)13-9-21(20-19-13)8-12-5-1-2-6-17-12/h1-7,9H,8,10H2. The molecule has 0 saturated heterocycles. The molecule has 0 unspecified atom stereocenters. The van der Waals surface area contributed by atoms with Crippen molar-refractivity contribution in [3.8, 4) is 0 Å². The van der Waals surface area contributed by atoms with Crippen molar-refractivity contribution in [1.82, 2.24) is 25.0 Å². The third-order valence-corrected chi connectivity index (χ3v) is 3.33. The second-order valence-electron chi connectivity index (χ2n) is 4.65. The van der Waals surface area contributed by atoms with Gasteiger partial charge < -0.3 is 4.74 Å². The summed E-state index contributed by atoms with van der Waals surface area (Å²) < 4.78 is 6.69. The molecule has 0 fully saturated rings. The van der Waals surface area contributed by atoms with E-state index in [1.807, 2.05) is 18.2 Å². The van der Waals surface area contributed by atoms with Gasteiger partial charge in [0.1, 0.15) is 11.8 Å². The number of carbonyl (C=O) groups excluding carboxylic acids is 1. The molecule has 0 spiro atoms. The topological polar surface area (TPSA) is 82.8 Å². The Morgan fingerprint density at radius 3 is 2.83 bits per heavy atom. The van der Waals surface area contributed by atoms with Gasteiger partial charge in [-0.25, -0.2) is 14.5 Å². The van der Waals surface area contributed by atoms with Crippen molar-refractivity contribution >= 4 is 17.6 Å². The fourth-order valence-corrected chi connectivity index (χ4v) is 2.04. The first-order chi connectivity index (χ1) is 11.2. The van der Waals surface area contributed by atoms with E-state index in [0.717, 1.165) is 5.69 Å². The number of hydrogen-bond acceptors (Lipinski definition) is 6. The molecule has 0 aliphatic heterocycles. The molecule has 0 amide bonds. The largest absolute Gasteiger partial charge is 0.456 e. The Labute approximate surface area is 136 Å². The molecule has 3 rings (SSSR count). The number of rotatable bonds is 5. The summed E-state index contributed by atoms with van der Waals surface area (Å²) in [7, 11) is 0. The third kappa shape index (κ3) is 3.89. The van der Waals surface area contributed by atoms with Crippen molar-refractivity contribution < 1.29 is 9.53 Å². The first-order valence-electron chi connectivity index (χ1n) is 6.79. The smallest absolute Gasteiger partial charge is 0.360 e. The van der Waals surface area contributed by atoms with Crippen LogP contribution >= 0.6 is 11.6 Å². The second-order valence-corrected chi connectivity index (χ2v) is 5.01. The summed E-state index contributed by atoms with van der Waals surface area (Å²) in [5, 5.41) is 8.01. The second kappa shape index (κ2) is 6.97. The molecule has 0 aliphatic carbocycles. The first kappa shape index (κ1) is 15.1. The Morgan fingerprint density at radius 2 is 2.04 bits per heavy atom. The van der Waals surface area contributed by atoms with Crippen molar-refractivity contribution in [3.63, 3.8) is 0 Å². The van der Waals surface area contributed by atoms with E-state index in [2.05, 4.69) is 20.3 Å². The maximum absolute atomic E-state index is 12.0. The molecule has 0 radical (unpaired) electrons. The number of halogens is 1. The Balaban J connectivity index is 1.61. The summed E-state index contributed by atoms with van der Waals surface area (Å²) in [5.74, 6) is -0.572. The van der Waals surface area contributed by atoms with Crippen LogP contribution in [0.1, 0.15) is 21.7 Å². The van der Waals surface area contributed by atoms with Crippen LogP contribution in [0.25, 0.3) is 0 Å². The average molecular weight is 330 g/mol. The summed E-state index contributed by atoms with van der Waals surface area (Å²) in [6.07, 6.45) is 4.78. The lowest BCUT2D eigenvalue weighted by Gasteiger charge is -2.03. The molecule has 7 nitrogen and oxygen atoms in total. The SMILES string of the molecule is O=C(OCc1cccnc1Cl)c1cn(Cc2ccccn2)nn1. The van der Waals surface area contributed by atoms with Gasteiger partial charge in [-0.05, 0) is 18.2 Å². The Kier molecular flexibility index (Phi) is 4.58. The molecule has 8 heteroatoms. The highest BCUT2D eigenvalue weighted by Gasteiger charge is 2.13. The van der Waals surface area contributed by atoms with Gasteiger partial charge >= 0.3 is 5.97 Å². The molecule has 0 aliphatic rings. The van der Waals surface area contributed by atoms with E-state index in [0.29, 0.717) is 17.3 Å². The van der Waals surface area contributed by atoms with Crippen LogP contribution in [0.15, 0.2) is 48.9 Å². The lowest BCUT2D eigenvalue weighted by Crippen LogP contribution is -2.06. The zero-order chi connectivity index (χ0) is 16.1. The highest BCUT2D eigenvalue weighted by molar-refractivity contribution is 6.30. The number of esters is 1. The van der Waals surface area contributed by atoms with Crippen molar-refractivity contribution in [3.05, 3.63) is 71.0 Å². The van der Waals surface area contributed by atoms with E-state index in [9.17, 15) is 4.79 Å². The minimum atomic E-state index is -0.572. The highest BCUT2D eigenvalue weighted by atomic mass is 35.5. The van der Waals surface area contributed by atoms with Crippen molar-refractivity contribution in [2.24, 2.45) is 0 Å². The molecule has 0 bridgehead atoms. The van der Waals surface area contributed by atoms with Gasteiger partial charge in [0.25, 0.3) is 0 Å². The quantitative estimate of drug-likeness (QED) is 0.526. The van der Waals surface area contributed by atoms with Crippen molar-refractivity contribution in [2.75, 3.05) is 0 Å². The van der Waals surface area contributed by atoms with Gasteiger partial charge in [0, 0.05) is 18.0 Å². The van der Waals surface area contributed by atoms with E-state index >= 15 is 0 Å². The first-order valence-corrected chi connectivity index (χ1v) is 7.17. The van der Waals surface area contributed by atoms with Crippen LogP contribution < -0.4 is 0 Å². The fourth-order valence-electron chi connectivity index (χ4n) is 1.87. The van der Waals surface area contributed by atoms with E-state index in [1.165, 1.54) is 10.9 Å². The predicted octanol–water partition coefficient (Wildman–Crippen LogP) is 2.13. The van der Waals surface area contributed by atoms with Gasteiger partial charge in [0.15, 0.2) is 5.69 Å². The predicted molar refractivity (Wildman–Crippen MR) is 81.7 cm³/mol. The highest BCUT2D eigenvalue weighted by Crippen LogP contribution is 2.13. The zero-order valence-electron chi connectivity index (χ0n) is 12.0. The molecule has 3 aromatic heterocycles. The van der Waals surface area contributed by atoms with Crippen LogP contribution in [0.5, 0.6) is 0 Å². The van der Waals surface area contributed by atoms with E-state index in [4.69, 9.17) is 16.3 Å². The molecule has 3 heterocycles. The molecular formula is C15H12ClN5O2. The summed E-state index contributed by atoms with van der Waals surface area (Å²) >= 11 is 5.91. The van der Waals surface area contributed by atoms with Crippen LogP contribution in [0.2, 0.25) is 5.15 Å². The third-order valence-electron chi connectivity index (χ3n) is 2.99. The van der Waals surface area contributed by atoms with Gasteiger partial charge in [0.2, 0.25) is 0 Å². The molecule has 116 valence electrons. The van der Waals surface area contributed by atoms with Crippen LogP contribution in [-0.2, 0) is 17.9 Å². The number of hydrogen-bond donors (Lipinski definition) is 0. The van der Waals surface area contributed by atoms with E-state index in [-0.39, 0.29) is 12.3 Å². The Morgan fingerprint density at radius 1 is 1.17 bits per heavy atom. The Bertz CT molecular complexity index is 806. The minimum absolute atomic E-state index is 0.0264. The number of carbonyl (C=O) groups is 1. The Hall–Kier alpha value is -2.80. The maximum Gasteiger partial charge on any atom is 0.360 e. The number of nitrogens with zero attached hydrogens (tertiary/aromatic N) is 5. The van der Waals surface area contributed by atoms with Crippen molar-refractivity contribution in [2.45, 2.75) is 13.2 Å². The normalized spacial score (nSPS) is 10.5. The van der Waals surface area contributed by atoms with Gasteiger partial charge in [-0.15, -0.1) is 5.10 Å². The molecule has 0 N–H and O–H groups in total. The van der Waals surface area contributed by atoms with Gasteiger partial charge in [-0.1, -0.05) is 28.9 Å². The van der Waals surface area contributed by atoms with Crippen LogP contribution in [-0.4, -0.2) is 30.9 Å². The van der Waals surface area contributed by atoms with E-state index < -0.39 is 5.97 Å². The fraction of sp³-hybridized carbons (Fsp3) is 0.133. The van der Waals surface area contributed by atoms with Crippen molar-refractivity contribution in [1.29, 1.82) is 0 Å². The zero-order valence-corrected chi connectivity index (χ0v) is 12.7. The summed E-state index contributed by atoms with van der Waals surface area (Å²) in [5.41, 5.74) is 1.57. The lowest BCUT2D eigenvalue weighted by atomic mass is 10.3. The van der Waals surface area contributed by atoms with Crippen LogP contribution in [0, 0.1) is 0 Å². The molecule has 0 atom stereocenters. The van der Waals surface area contributed by atoms with Gasteiger partial charge in [-0.2, -0.15) is 0 Å².